The number of nitrogens with zero attached hydrogens (tertiary/aromatic N) is 3. The quantitative estimate of drug-likeness (QED) is 0.674. The molecule has 2 aromatic rings. The minimum atomic E-state index is -0.378. The van der Waals surface area contributed by atoms with Gasteiger partial charge >= 0.3 is 6.09 Å². The van der Waals surface area contributed by atoms with E-state index in [-0.39, 0.29) is 35.9 Å². The van der Waals surface area contributed by atoms with Gasteiger partial charge in [-0.3, -0.25) is 19.3 Å². The van der Waals surface area contributed by atoms with Gasteiger partial charge < -0.3 is 14.5 Å². The van der Waals surface area contributed by atoms with E-state index in [1.165, 1.54) is 11.0 Å². The van der Waals surface area contributed by atoms with Gasteiger partial charge in [0.2, 0.25) is 0 Å². The van der Waals surface area contributed by atoms with Gasteiger partial charge in [0.05, 0.1) is 17.7 Å². The average molecular weight is 435 g/mol. The Balaban J connectivity index is 1.42. The lowest BCUT2D eigenvalue weighted by molar-refractivity contribution is 0.0570. The second-order valence-corrected chi connectivity index (χ2v) is 7.74. The largest absolute Gasteiger partial charge is 0.450 e. The predicted molar refractivity (Wildman–Crippen MR) is 116 cm³/mol. The minimum absolute atomic E-state index is 0.223. The summed E-state index contributed by atoms with van der Waals surface area (Å²) in [5, 5.41) is 0. The molecule has 2 aliphatic heterocycles. The van der Waals surface area contributed by atoms with Crippen molar-refractivity contribution in [2.75, 3.05) is 39.3 Å². The first-order chi connectivity index (χ1) is 15.5. The summed E-state index contributed by atoms with van der Waals surface area (Å²) in [7, 11) is 0. The van der Waals surface area contributed by atoms with Crippen LogP contribution in [-0.2, 0) is 11.2 Å². The van der Waals surface area contributed by atoms with Crippen molar-refractivity contribution >= 4 is 23.8 Å². The Morgan fingerprint density at radius 2 is 1.53 bits per heavy atom. The molecule has 4 amide bonds. The Bertz CT molecular complexity index is 1040. The van der Waals surface area contributed by atoms with Crippen LogP contribution in [0.3, 0.4) is 0 Å². The fourth-order valence-electron chi connectivity index (χ4n) is 4.00. The van der Waals surface area contributed by atoms with E-state index in [9.17, 15) is 19.2 Å². The number of piperazine rings is 1. The highest BCUT2D eigenvalue weighted by molar-refractivity contribution is 6.22. The van der Waals surface area contributed by atoms with E-state index in [0.717, 1.165) is 5.56 Å². The molecule has 2 aromatic carbocycles. The van der Waals surface area contributed by atoms with Crippen LogP contribution in [0.2, 0.25) is 0 Å². The number of ether oxygens (including phenoxy) is 1. The van der Waals surface area contributed by atoms with Crippen molar-refractivity contribution in [2.45, 2.75) is 13.3 Å². The zero-order valence-electron chi connectivity index (χ0n) is 18.0. The highest BCUT2D eigenvalue weighted by Gasteiger charge is 2.36. The fraction of sp³-hybridized carbons (Fsp3) is 0.333. The van der Waals surface area contributed by atoms with Crippen LogP contribution in [0.15, 0.2) is 48.5 Å². The van der Waals surface area contributed by atoms with E-state index < -0.39 is 0 Å². The van der Waals surface area contributed by atoms with Crippen LogP contribution in [0, 0.1) is 0 Å². The van der Waals surface area contributed by atoms with Crippen LogP contribution in [0.25, 0.3) is 0 Å². The van der Waals surface area contributed by atoms with Crippen LogP contribution in [-0.4, -0.2) is 77.8 Å². The minimum Gasteiger partial charge on any atom is -0.450 e. The van der Waals surface area contributed by atoms with E-state index in [2.05, 4.69) is 0 Å². The van der Waals surface area contributed by atoms with Gasteiger partial charge in [-0.2, -0.15) is 0 Å². The summed E-state index contributed by atoms with van der Waals surface area (Å²) >= 11 is 0. The molecule has 0 saturated carbocycles. The van der Waals surface area contributed by atoms with Gasteiger partial charge in [-0.15, -0.1) is 0 Å². The topological polar surface area (TPSA) is 87.2 Å². The van der Waals surface area contributed by atoms with Crippen molar-refractivity contribution < 1.29 is 23.9 Å². The van der Waals surface area contributed by atoms with Crippen LogP contribution in [0.1, 0.15) is 43.6 Å². The number of hydrogen-bond acceptors (Lipinski definition) is 5. The molecule has 0 bridgehead atoms. The molecule has 0 aliphatic carbocycles. The van der Waals surface area contributed by atoms with E-state index in [1.807, 2.05) is 30.3 Å². The molecule has 2 heterocycles. The van der Waals surface area contributed by atoms with Gasteiger partial charge in [0, 0.05) is 38.3 Å². The number of rotatable bonds is 5. The second kappa shape index (κ2) is 9.21. The maximum Gasteiger partial charge on any atom is 0.409 e. The summed E-state index contributed by atoms with van der Waals surface area (Å²) in [6, 6.07) is 14.3. The third-order valence-corrected chi connectivity index (χ3v) is 5.78. The number of imide groups is 1. The number of amides is 4. The lowest BCUT2D eigenvalue weighted by Gasteiger charge is -2.34. The molecule has 1 fully saturated rings. The Kier molecular flexibility index (Phi) is 6.20. The molecule has 0 spiro atoms. The summed E-state index contributed by atoms with van der Waals surface area (Å²) in [5.41, 5.74) is 1.99. The van der Waals surface area contributed by atoms with E-state index in [4.69, 9.17) is 4.74 Å². The van der Waals surface area contributed by atoms with Crippen LogP contribution >= 0.6 is 0 Å². The maximum absolute atomic E-state index is 13.0. The fourth-order valence-corrected chi connectivity index (χ4v) is 4.00. The number of carbonyl (C=O) groups excluding carboxylic acids is 4. The lowest BCUT2D eigenvalue weighted by atomic mass is 10.0. The van der Waals surface area contributed by atoms with Gasteiger partial charge in [-0.05, 0) is 37.1 Å². The first-order valence-electron chi connectivity index (χ1n) is 10.7. The molecule has 32 heavy (non-hydrogen) atoms. The van der Waals surface area contributed by atoms with Gasteiger partial charge in [0.1, 0.15) is 0 Å². The SMILES string of the molecule is CCOC(=O)N1CCN(C(=O)c2ccc3c(c2)C(=O)N(CCc2ccccc2)C3=O)CC1. The molecule has 166 valence electrons. The summed E-state index contributed by atoms with van der Waals surface area (Å²) < 4.78 is 5.00. The molecule has 0 unspecified atom stereocenters. The third kappa shape index (κ3) is 4.21. The summed E-state index contributed by atoms with van der Waals surface area (Å²) in [6.07, 6.45) is 0.194. The Morgan fingerprint density at radius 1 is 0.875 bits per heavy atom. The van der Waals surface area contributed by atoms with E-state index in [0.29, 0.717) is 50.3 Å². The second-order valence-electron chi connectivity index (χ2n) is 7.74. The summed E-state index contributed by atoms with van der Waals surface area (Å²) in [5.74, 6) is -0.926. The van der Waals surface area contributed by atoms with E-state index >= 15 is 0 Å². The standard InChI is InChI=1S/C24H25N3O5/c1-2-32-24(31)26-14-12-25(13-15-26)21(28)18-8-9-19-20(16-18)23(30)27(22(19)29)11-10-17-6-4-3-5-7-17/h3-9,16H,2,10-15H2,1H3. The monoisotopic (exact) mass is 435 g/mol. The van der Waals surface area contributed by atoms with Crippen LogP contribution in [0.5, 0.6) is 0 Å². The number of hydrogen-bond donors (Lipinski definition) is 0. The highest BCUT2D eigenvalue weighted by atomic mass is 16.6. The molecule has 0 atom stereocenters. The van der Waals surface area contributed by atoms with Crippen molar-refractivity contribution in [3.63, 3.8) is 0 Å². The number of benzene rings is 2. The molecule has 2 aliphatic rings. The summed E-state index contributed by atoms with van der Waals surface area (Å²) in [4.78, 5) is 54.9. The zero-order valence-corrected chi connectivity index (χ0v) is 18.0. The van der Waals surface area contributed by atoms with Gasteiger partial charge in [0.15, 0.2) is 0 Å². The molecule has 0 aromatic heterocycles. The van der Waals surface area contributed by atoms with Crippen molar-refractivity contribution in [1.29, 1.82) is 0 Å². The van der Waals surface area contributed by atoms with Gasteiger partial charge in [-0.1, -0.05) is 30.3 Å². The smallest absolute Gasteiger partial charge is 0.409 e. The summed E-state index contributed by atoms with van der Waals surface area (Å²) in [6.45, 7) is 3.88. The molecular formula is C24H25N3O5. The van der Waals surface area contributed by atoms with Crippen molar-refractivity contribution in [1.82, 2.24) is 14.7 Å². The Labute approximate surface area is 186 Å². The molecule has 4 rings (SSSR count). The first-order valence-corrected chi connectivity index (χ1v) is 10.7. The molecule has 1 saturated heterocycles. The lowest BCUT2D eigenvalue weighted by Crippen LogP contribution is -2.50. The van der Waals surface area contributed by atoms with E-state index in [1.54, 1.807) is 28.9 Å². The average Bonchev–Trinajstić information content (AvgIpc) is 3.07. The number of carbonyl (C=O) groups is 4. The Morgan fingerprint density at radius 3 is 2.22 bits per heavy atom. The van der Waals surface area contributed by atoms with Crippen molar-refractivity contribution in [3.05, 3.63) is 70.8 Å². The number of fused-ring (bicyclic) bond motifs is 1. The highest BCUT2D eigenvalue weighted by Crippen LogP contribution is 2.25. The third-order valence-electron chi connectivity index (χ3n) is 5.78. The van der Waals surface area contributed by atoms with Crippen molar-refractivity contribution in [3.8, 4) is 0 Å². The van der Waals surface area contributed by atoms with Crippen LogP contribution < -0.4 is 0 Å². The first kappa shape index (κ1) is 21.5. The molecule has 0 radical (unpaired) electrons. The van der Waals surface area contributed by atoms with Gasteiger partial charge in [-0.25, -0.2) is 4.79 Å². The molecule has 0 N–H and O–H groups in total. The molecular weight excluding hydrogens is 410 g/mol. The Hall–Kier alpha value is -3.68. The predicted octanol–water partition coefficient (Wildman–Crippen LogP) is 2.44. The van der Waals surface area contributed by atoms with Crippen LogP contribution in [0.4, 0.5) is 4.79 Å². The van der Waals surface area contributed by atoms with Crippen molar-refractivity contribution in [2.24, 2.45) is 0 Å². The maximum atomic E-state index is 13.0. The molecule has 8 heteroatoms. The van der Waals surface area contributed by atoms with Gasteiger partial charge in [0.25, 0.3) is 17.7 Å². The normalized spacial score (nSPS) is 15.7. The molecule has 8 nitrogen and oxygen atoms in total. The zero-order chi connectivity index (χ0) is 22.7.